The number of carbonyl (C=O) groups excluding carboxylic acids is 3. The van der Waals surface area contributed by atoms with Crippen molar-refractivity contribution in [1.82, 2.24) is 5.32 Å². The average Bonchev–Trinajstić information content (AvgIpc) is 2.70. The Morgan fingerprint density at radius 2 is 1.57 bits per heavy atom. The van der Waals surface area contributed by atoms with Crippen LogP contribution in [-0.2, 0) is 14.3 Å². The summed E-state index contributed by atoms with van der Waals surface area (Å²) in [5, 5.41) is 6.34. The molecule has 1 unspecified atom stereocenters. The number of halogens is 1. The van der Waals surface area contributed by atoms with Crippen LogP contribution in [0.1, 0.15) is 39.2 Å². The summed E-state index contributed by atoms with van der Waals surface area (Å²) in [6.07, 6.45) is 0. The maximum Gasteiger partial charge on any atom is 0.337 e. The fraction of sp³-hybridized carbons (Fsp3) is 0.250. The summed E-state index contributed by atoms with van der Waals surface area (Å²) in [5.74, 6) is -1.62. The minimum atomic E-state index is -0.633. The fourth-order valence-corrected chi connectivity index (χ4v) is 2.86. The predicted octanol–water partition coefficient (Wildman–Crippen LogP) is 3.20. The first-order valence-corrected chi connectivity index (χ1v) is 8.83. The van der Waals surface area contributed by atoms with Crippen LogP contribution < -0.4 is 10.6 Å². The Morgan fingerprint density at radius 1 is 1.00 bits per heavy atom. The number of amides is 1. The SMILES string of the molecule is COC(=O)c1cc(NC(=O)CNC(C)c2ccccc2Cl)cc(C(=O)OC)c1. The minimum absolute atomic E-state index is 0.00238. The molecule has 0 aromatic heterocycles. The molecule has 1 atom stereocenters. The maximum absolute atomic E-state index is 12.3. The van der Waals surface area contributed by atoms with Crippen LogP contribution in [0, 0.1) is 0 Å². The van der Waals surface area contributed by atoms with E-state index in [9.17, 15) is 14.4 Å². The van der Waals surface area contributed by atoms with Crippen LogP contribution in [-0.4, -0.2) is 38.6 Å². The lowest BCUT2D eigenvalue weighted by Gasteiger charge is -2.16. The van der Waals surface area contributed by atoms with E-state index in [2.05, 4.69) is 20.1 Å². The molecule has 0 bridgehead atoms. The van der Waals surface area contributed by atoms with E-state index in [4.69, 9.17) is 11.6 Å². The second-order valence-electron chi connectivity index (χ2n) is 5.95. The zero-order valence-corrected chi connectivity index (χ0v) is 16.5. The van der Waals surface area contributed by atoms with Crippen LogP contribution in [0.15, 0.2) is 42.5 Å². The van der Waals surface area contributed by atoms with Crippen molar-refractivity contribution in [3.05, 3.63) is 64.2 Å². The van der Waals surface area contributed by atoms with Crippen LogP contribution >= 0.6 is 11.6 Å². The molecule has 0 aliphatic heterocycles. The highest BCUT2D eigenvalue weighted by Gasteiger charge is 2.16. The molecule has 7 nitrogen and oxygen atoms in total. The lowest BCUT2D eigenvalue weighted by atomic mass is 10.1. The normalized spacial score (nSPS) is 11.4. The largest absolute Gasteiger partial charge is 0.465 e. The summed E-state index contributed by atoms with van der Waals surface area (Å²) in [6, 6.07) is 11.4. The number of rotatable bonds is 7. The van der Waals surface area contributed by atoms with Gasteiger partial charge in [0.05, 0.1) is 31.9 Å². The van der Waals surface area contributed by atoms with Crippen molar-refractivity contribution < 1.29 is 23.9 Å². The number of nitrogens with one attached hydrogen (secondary N) is 2. The van der Waals surface area contributed by atoms with E-state index in [-0.39, 0.29) is 35.3 Å². The van der Waals surface area contributed by atoms with Crippen molar-refractivity contribution in [3.63, 3.8) is 0 Å². The lowest BCUT2D eigenvalue weighted by Crippen LogP contribution is -2.30. The van der Waals surface area contributed by atoms with Gasteiger partial charge in [-0.3, -0.25) is 4.79 Å². The van der Waals surface area contributed by atoms with Crippen LogP contribution in [0.2, 0.25) is 5.02 Å². The van der Waals surface area contributed by atoms with Gasteiger partial charge < -0.3 is 20.1 Å². The smallest absolute Gasteiger partial charge is 0.337 e. The van der Waals surface area contributed by atoms with Crippen molar-refractivity contribution in [3.8, 4) is 0 Å². The monoisotopic (exact) mass is 404 g/mol. The molecule has 2 aromatic carbocycles. The molecule has 0 fully saturated rings. The third-order valence-electron chi connectivity index (χ3n) is 4.00. The van der Waals surface area contributed by atoms with Crippen molar-refractivity contribution in [1.29, 1.82) is 0 Å². The van der Waals surface area contributed by atoms with Crippen LogP contribution in [0.5, 0.6) is 0 Å². The Bertz CT molecular complexity index is 850. The van der Waals surface area contributed by atoms with Crippen molar-refractivity contribution >= 4 is 35.1 Å². The van der Waals surface area contributed by atoms with Gasteiger partial charge in [0.2, 0.25) is 5.91 Å². The molecule has 0 saturated heterocycles. The molecule has 2 aromatic rings. The number of methoxy groups -OCH3 is 2. The van der Waals surface area contributed by atoms with Gasteiger partial charge in [0.25, 0.3) is 0 Å². The van der Waals surface area contributed by atoms with E-state index < -0.39 is 11.9 Å². The summed E-state index contributed by atoms with van der Waals surface area (Å²) in [7, 11) is 2.46. The molecule has 0 radical (unpaired) electrons. The topological polar surface area (TPSA) is 93.7 Å². The molecule has 2 rings (SSSR count). The number of benzene rings is 2. The molecule has 148 valence electrons. The fourth-order valence-electron chi connectivity index (χ4n) is 2.56. The number of anilines is 1. The lowest BCUT2D eigenvalue weighted by molar-refractivity contribution is -0.115. The summed E-state index contributed by atoms with van der Waals surface area (Å²) in [5.41, 5.74) is 1.40. The first-order chi connectivity index (χ1) is 13.3. The number of carbonyl (C=O) groups is 3. The molecule has 0 saturated carbocycles. The minimum Gasteiger partial charge on any atom is -0.465 e. The van der Waals surface area contributed by atoms with Gasteiger partial charge in [-0.15, -0.1) is 0 Å². The van der Waals surface area contributed by atoms with Gasteiger partial charge in [-0.05, 0) is 36.8 Å². The highest BCUT2D eigenvalue weighted by Crippen LogP contribution is 2.22. The van der Waals surface area contributed by atoms with Gasteiger partial charge in [0.1, 0.15) is 0 Å². The van der Waals surface area contributed by atoms with Gasteiger partial charge in [-0.25, -0.2) is 9.59 Å². The van der Waals surface area contributed by atoms with Crippen molar-refractivity contribution in [2.45, 2.75) is 13.0 Å². The molecule has 0 heterocycles. The third-order valence-corrected chi connectivity index (χ3v) is 4.34. The molecule has 0 spiro atoms. The first kappa shape index (κ1) is 21.4. The molecule has 0 aliphatic rings. The van der Waals surface area contributed by atoms with Gasteiger partial charge in [-0.2, -0.15) is 0 Å². The van der Waals surface area contributed by atoms with Crippen molar-refractivity contribution in [2.24, 2.45) is 0 Å². The Labute approximate surface area is 168 Å². The Kier molecular flexibility index (Phi) is 7.54. The summed E-state index contributed by atoms with van der Waals surface area (Å²) in [4.78, 5) is 35.9. The molecular formula is C20H21ClN2O5. The Morgan fingerprint density at radius 3 is 2.11 bits per heavy atom. The van der Waals surface area contributed by atoms with E-state index >= 15 is 0 Å². The second-order valence-corrected chi connectivity index (χ2v) is 6.36. The van der Waals surface area contributed by atoms with Crippen LogP contribution in [0.4, 0.5) is 5.69 Å². The highest BCUT2D eigenvalue weighted by atomic mass is 35.5. The second kappa shape index (κ2) is 9.87. The number of hydrogen-bond donors (Lipinski definition) is 2. The molecule has 8 heteroatoms. The predicted molar refractivity (Wildman–Crippen MR) is 106 cm³/mol. The maximum atomic E-state index is 12.3. The summed E-state index contributed by atoms with van der Waals surface area (Å²) < 4.78 is 9.35. The number of ether oxygens (including phenoxy) is 2. The standard InChI is InChI=1S/C20H21ClN2O5/c1-12(16-6-4-5-7-17(16)21)22-11-18(24)23-15-9-13(19(25)27-2)8-14(10-15)20(26)28-3/h4-10,12,22H,11H2,1-3H3,(H,23,24). The van der Waals surface area contributed by atoms with E-state index in [0.29, 0.717) is 5.02 Å². The van der Waals surface area contributed by atoms with E-state index in [1.165, 1.54) is 32.4 Å². The number of hydrogen-bond acceptors (Lipinski definition) is 6. The van der Waals surface area contributed by atoms with Gasteiger partial charge >= 0.3 is 11.9 Å². The van der Waals surface area contributed by atoms with Crippen LogP contribution in [0.3, 0.4) is 0 Å². The molecule has 0 aliphatic carbocycles. The van der Waals surface area contributed by atoms with E-state index in [1.807, 2.05) is 25.1 Å². The highest BCUT2D eigenvalue weighted by molar-refractivity contribution is 6.31. The molecular weight excluding hydrogens is 384 g/mol. The van der Waals surface area contributed by atoms with Gasteiger partial charge in [0, 0.05) is 16.8 Å². The van der Waals surface area contributed by atoms with Gasteiger partial charge in [0.15, 0.2) is 0 Å². The van der Waals surface area contributed by atoms with E-state index in [1.54, 1.807) is 6.07 Å². The first-order valence-electron chi connectivity index (χ1n) is 8.45. The number of esters is 2. The zero-order valence-electron chi connectivity index (χ0n) is 15.7. The summed E-state index contributed by atoms with van der Waals surface area (Å²) in [6.45, 7) is 1.89. The van der Waals surface area contributed by atoms with Gasteiger partial charge in [-0.1, -0.05) is 29.8 Å². The van der Waals surface area contributed by atoms with Crippen LogP contribution in [0.25, 0.3) is 0 Å². The zero-order chi connectivity index (χ0) is 20.7. The average molecular weight is 405 g/mol. The van der Waals surface area contributed by atoms with Crippen molar-refractivity contribution in [2.75, 3.05) is 26.1 Å². The van der Waals surface area contributed by atoms with E-state index in [0.717, 1.165) is 5.56 Å². The quantitative estimate of drug-likeness (QED) is 0.688. The summed E-state index contributed by atoms with van der Waals surface area (Å²) >= 11 is 6.16. The Balaban J connectivity index is 2.09. The molecule has 28 heavy (non-hydrogen) atoms. The third kappa shape index (κ3) is 5.55. The molecule has 1 amide bonds. The Hall–Kier alpha value is -2.90. The molecule has 2 N–H and O–H groups in total.